The normalized spacial score (nSPS) is 17.1. The Hall–Kier alpha value is -2.32. The Bertz CT molecular complexity index is 1600. The molecule has 4 aromatic rings. The molecule has 4 aromatic carbocycles. The van der Waals surface area contributed by atoms with Gasteiger partial charge in [0.2, 0.25) is 0 Å². The van der Waals surface area contributed by atoms with Crippen molar-refractivity contribution < 1.29 is 69.8 Å². The molecule has 302 valence electrons. The summed E-state index contributed by atoms with van der Waals surface area (Å²) in [6.07, 6.45) is -11.1. The van der Waals surface area contributed by atoms with Crippen LogP contribution in [0.2, 0.25) is 0 Å². The Kier molecular flexibility index (Phi) is 15.3. The average Bonchev–Trinajstić information content (AvgIpc) is 3.84. The van der Waals surface area contributed by atoms with E-state index < -0.39 is 73.4 Å². The average molecular weight is 861 g/mol. The first-order valence-corrected chi connectivity index (χ1v) is 20.3. The molecular weight excluding hydrogens is 826 g/mol. The number of rotatable bonds is 7. The minimum absolute atomic E-state index is 0. The van der Waals surface area contributed by atoms with Crippen LogP contribution in [0.5, 0.6) is 0 Å². The molecule has 55 heavy (non-hydrogen) atoms. The van der Waals surface area contributed by atoms with E-state index >= 15 is 0 Å². The quantitative estimate of drug-likeness (QED) is 0.0752. The van der Waals surface area contributed by atoms with Crippen molar-refractivity contribution in [3.63, 3.8) is 0 Å². The Balaban J connectivity index is 0.00000104. The second-order valence-corrected chi connectivity index (χ2v) is 18.8. The molecule has 0 amide bonds. The van der Waals surface area contributed by atoms with Gasteiger partial charge in [-0.05, 0) is 89.7 Å². The van der Waals surface area contributed by atoms with E-state index in [1.165, 1.54) is 12.1 Å². The summed E-state index contributed by atoms with van der Waals surface area (Å²) in [5.41, 5.74) is -6.01. The molecule has 2 aliphatic carbocycles. The first kappa shape index (κ1) is 45.4. The third kappa shape index (κ3) is 11.6. The molecule has 1 atom stereocenters. The summed E-state index contributed by atoms with van der Waals surface area (Å²) in [4.78, 5) is 0. The first-order chi connectivity index (χ1) is 25.2. The molecule has 6 rings (SSSR count). The second kappa shape index (κ2) is 18.5. The Morgan fingerprint density at radius 1 is 0.600 bits per heavy atom. The van der Waals surface area contributed by atoms with Crippen molar-refractivity contribution >= 4 is 31.8 Å². The monoisotopic (exact) mass is 861 g/mol. The molecule has 0 aromatic heterocycles. The summed E-state index contributed by atoms with van der Waals surface area (Å²) in [5.74, 6) is 0. The Labute approximate surface area is 326 Å². The predicted octanol–water partition coefficient (Wildman–Crippen LogP) is 12.9. The minimum atomic E-state index is -5.29. The third-order valence-corrected chi connectivity index (χ3v) is 16.2. The Morgan fingerprint density at radius 3 is 1.27 bits per heavy atom. The zero-order chi connectivity index (χ0) is 39.5. The van der Waals surface area contributed by atoms with Crippen molar-refractivity contribution in [2.45, 2.75) is 113 Å². The summed E-state index contributed by atoms with van der Waals surface area (Å²) in [7, 11) is -3.62. The molecule has 0 saturated heterocycles. The van der Waals surface area contributed by atoms with Gasteiger partial charge in [-0.15, -0.1) is 7.92 Å². The molecule has 2 saturated carbocycles. The fraction of sp³-hybridized carbons (Fsp3) is 0.450. The van der Waals surface area contributed by atoms with Crippen LogP contribution >= 0.6 is 15.8 Å². The van der Waals surface area contributed by atoms with Crippen molar-refractivity contribution in [2.75, 3.05) is 0 Å². The van der Waals surface area contributed by atoms with E-state index in [0.29, 0.717) is 41.1 Å². The molecule has 0 nitrogen and oxygen atoms in total. The van der Waals surface area contributed by atoms with Crippen molar-refractivity contribution in [3.05, 3.63) is 113 Å². The van der Waals surface area contributed by atoms with Crippen LogP contribution in [0.25, 0.3) is 0 Å². The van der Waals surface area contributed by atoms with Gasteiger partial charge in [0, 0.05) is 0 Å². The van der Waals surface area contributed by atoms with Crippen molar-refractivity contribution in [1.82, 2.24) is 0 Å². The van der Waals surface area contributed by atoms with Crippen LogP contribution in [0, 0.1) is 30.3 Å². The Morgan fingerprint density at radius 2 is 0.964 bits per heavy atom. The van der Waals surface area contributed by atoms with E-state index in [9.17, 15) is 52.7 Å². The van der Waals surface area contributed by atoms with Gasteiger partial charge in [-0.1, -0.05) is 53.4 Å². The molecular formula is C40H35F12FeP2-5. The topological polar surface area (TPSA) is 0 Å². The molecule has 0 heterocycles. The molecule has 0 radical (unpaired) electrons. The maximum absolute atomic E-state index is 14.0. The maximum atomic E-state index is 14.0. The third-order valence-electron chi connectivity index (χ3n) is 9.87. The number of hydrogen-bond acceptors (Lipinski definition) is 0. The van der Waals surface area contributed by atoms with Gasteiger partial charge in [0.05, 0.1) is 22.3 Å². The van der Waals surface area contributed by atoms with Crippen LogP contribution in [0.1, 0.15) is 105 Å². The van der Waals surface area contributed by atoms with E-state index in [1.807, 2.05) is 6.92 Å². The molecule has 0 unspecified atom stereocenters. The predicted molar refractivity (Wildman–Crippen MR) is 186 cm³/mol. The standard InChI is InChI=1S/C35H34F12P2.C5H.Fe/c1-21(48(26-9-4-2-5-10-26)27-11-6-3-7-12-27)30-13-8-14-31(30)49(28-17-22(32(36,37)38)15-23(18-28)33(39,40)41)29-19-24(34(42,43)44)16-25(20-29)35(45,46)47;1-2-4-5-3-1;/h8,14-21,26-27H,2-7,9-12H2,1H3;1H;/q-2;-5;+2/t21-;;/m0../s1. The molecule has 0 spiro atoms. The van der Waals surface area contributed by atoms with Gasteiger partial charge in [-0.3, -0.25) is 5.56 Å². The van der Waals surface area contributed by atoms with Crippen LogP contribution in [-0.2, 0) is 41.8 Å². The van der Waals surface area contributed by atoms with E-state index in [0.717, 1.165) is 64.2 Å². The van der Waals surface area contributed by atoms with Gasteiger partial charge in [0.25, 0.3) is 0 Å². The summed E-state index contributed by atoms with van der Waals surface area (Å²) >= 11 is 0. The fourth-order valence-corrected chi connectivity index (χ4v) is 14.5. The van der Waals surface area contributed by atoms with E-state index in [4.69, 9.17) is 0 Å². The fourth-order valence-electron chi connectivity index (χ4n) is 7.48. The van der Waals surface area contributed by atoms with Crippen molar-refractivity contribution in [3.8, 4) is 0 Å². The first-order valence-electron chi connectivity index (χ1n) is 17.4. The van der Waals surface area contributed by atoms with Crippen molar-refractivity contribution in [2.24, 2.45) is 0 Å². The van der Waals surface area contributed by atoms with Crippen LogP contribution in [0.15, 0.2) is 54.6 Å². The SMILES string of the molecule is C[C@@H](c1[c-]cc[c-]1P(c1cc(C(F)(F)F)cc(C(F)(F)F)c1)c1cc(C(F)(F)F)cc(C(F)(F)F)c1)P(C1CCCCC1)C1CCCCC1.[Fe+2].[c-]1[c-][c-][cH-][c-]1. The number of halogens is 12. The summed E-state index contributed by atoms with van der Waals surface area (Å²) < 4.78 is 169. The minimum Gasteiger partial charge on any atom is -0.999 e. The van der Waals surface area contributed by atoms with Crippen LogP contribution in [-0.4, -0.2) is 11.3 Å². The van der Waals surface area contributed by atoms with Gasteiger partial charge < -0.3 is 53.8 Å². The van der Waals surface area contributed by atoms with Gasteiger partial charge in [-0.25, -0.2) is 0 Å². The number of alkyl halides is 12. The van der Waals surface area contributed by atoms with Gasteiger partial charge in [-0.2, -0.15) is 52.7 Å². The van der Waals surface area contributed by atoms with Gasteiger partial charge in [0.15, 0.2) is 0 Å². The van der Waals surface area contributed by atoms with E-state index in [-0.39, 0.29) is 40.2 Å². The van der Waals surface area contributed by atoms with Gasteiger partial charge >= 0.3 is 41.8 Å². The molecule has 2 aliphatic rings. The second-order valence-electron chi connectivity index (χ2n) is 13.5. The summed E-state index contributed by atoms with van der Waals surface area (Å²) in [6.45, 7) is 1.93. The molecule has 15 heteroatoms. The van der Waals surface area contributed by atoms with Gasteiger partial charge in [0.1, 0.15) is 0 Å². The summed E-state index contributed by atoms with van der Waals surface area (Å²) in [5, 5.41) is -1.20. The van der Waals surface area contributed by atoms with Crippen LogP contribution in [0.4, 0.5) is 52.7 Å². The number of benzene rings is 2. The zero-order valence-electron chi connectivity index (χ0n) is 29.3. The largest absolute Gasteiger partial charge is 2.00 e. The zero-order valence-corrected chi connectivity index (χ0v) is 32.2. The smallest absolute Gasteiger partial charge is 0.999 e. The molecule has 0 bridgehead atoms. The van der Waals surface area contributed by atoms with Crippen molar-refractivity contribution in [1.29, 1.82) is 0 Å². The van der Waals surface area contributed by atoms with E-state index in [1.54, 1.807) is 6.07 Å². The maximum Gasteiger partial charge on any atom is 2.00 e. The van der Waals surface area contributed by atoms with Crippen LogP contribution in [0.3, 0.4) is 0 Å². The number of hydrogen-bond donors (Lipinski definition) is 0. The molecule has 0 aliphatic heterocycles. The van der Waals surface area contributed by atoms with E-state index in [2.05, 4.69) is 30.3 Å². The summed E-state index contributed by atoms with van der Waals surface area (Å²) in [6, 6.07) is 19.4. The molecule has 0 N–H and O–H groups in total. The molecule has 2 fully saturated rings. The van der Waals surface area contributed by atoms with Crippen LogP contribution < -0.4 is 15.9 Å².